The lowest BCUT2D eigenvalue weighted by atomic mass is 9.79. The number of aliphatic hydroxyl groups is 1. The molecule has 1 N–H and O–H groups in total. The van der Waals surface area contributed by atoms with Crippen molar-refractivity contribution in [3.63, 3.8) is 0 Å². The molecule has 0 amide bonds. The summed E-state index contributed by atoms with van der Waals surface area (Å²) in [4.78, 5) is 9.39. The Bertz CT molecular complexity index is 1440. The number of aryl methyl sites for hydroxylation is 1. The first-order chi connectivity index (χ1) is 16.1. The average molecular weight is 512 g/mol. The van der Waals surface area contributed by atoms with Gasteiger partial charge in [-0.1, -0.05) is 64.8 Å². The number of hydrogen-bond donors (Lipinski definition) is 1. The number of pyridine rings is 1. The van der Waals surface area contributed by atoms with Gasteiger partial charge in [0.1, 0.15) is 10.8 Å². The lowest BCUT2D eigenvalue weighted by Crippen LogP contribution is -2.49. The van der Waals surface area contributed by atoms with Crippen LogP contribution < -0.4 is 0 Å². The molecule has 6 nitrogen and oxygen atoms in total. The highest BCUT2D eigenvalue weighted by molar-refractivity contribution is 8.14. The highest BCUT2D eigenvalue weighted by Gasteiger charge is 2.53. The molecule has 4 aromatic rings. The number of fused-ring (bicyclic) bond motifs is 1. The quantitative estimate of drug-likeness (QED) is 0.346. The van der Waals surface area contributed by atoms with Crippen molar-refractivity contribution in [3.8, 4) is 11.1 Å². The molecular formula is C25H23Cl2N5OS. The standard InChI is InChI=1S/C25H23Cl2N5OS/c1-14-30-24(2,3)23(34-14)25(33,19-13-28-31-32(19)4)16-10-11-18-17(12-16)21(26)20(22(27)29-18)15-8-6-5-7-9-15/h5-13,23,33H,1-4H3. The van der Waals surface area contributed by atoms with E-state index in [9.17, 15) is 5.11 Å². The van der Waals surface area contributed by atoms with E-state index in [1.165, 1.54) is 0 Å². The van der Waals surface area contributed by atoms with Crippen molar-refractivity contribution >= 4 is 50.9 Å². The molecule has 3 heterocycles. The maximum absolute atomic E-state index is 12.5. The Hall–Kier alpha value is -2.45. The molecule has 0 bridgehead atoms. The molecule has 2 aromatic carbocycles. The van der Waals surface area contributed by atoms with Gasteiger partial charge in [0.15, 0.2) is 0 Å². The molecule has 0 saturated carbocycles. The Kier molecular flexibility index (Phi) is 5.72. The normalized spacial score (nSPS) is 19.3. The van der Waals surface area contributed by atoms with Gasteiger partial charge in [-0.25, -0.2) is 9.67 Å². The molecule has 5 rings (SSSR count). The molecule has 1 aliphatic heterocycles. The van der Waals surface area contributed by atoms with E-state index in [1.54, 1.807) is 29.7 Å². The van der Waals surface area contributed by atoms with Crippen LogP contribution in [-0.4, -0.2) is 40.9 Å². The molecule has 0 fully saturated rings. The molecule has 9 heteroatoms. The van der Waals surface area contributed by atoms with Crippen LogP contribution in [0.5, 0.6) is 0 Å². The van der Waals surface area contributed by atoms with E-state index in [1.807, 2.05) is 69.3 Å². The molecule has 0 radical (unpaired) electrons. The molecule has 2 unspecified atom stereocenters. The summed E-state index contributed by atoms with van der Waals surface area (Å²) in [6.45, 7) is 6.02. The summed E-state index contributed by atoms with van der Waals surface area (Å²) in [5.74, 6) is 0. The number of rotatable bonds is 4. The first-order valence-electron chi connectivity index (χ1n) is 10.8. The van der Waals surface area contributed by atoms with Crippen LogP contribution in [0.4, 0.5) is 0 Å². The molecule has 2 atom stereocenters. The van der Waals surface area contributed by atoms with Crippen molar-refractivity contribution in [1.82, 2.24) is 20.0 Å². The van der Waals surface area contributed by atoms with Crippen LogP contribution in [-0.2, 0) is 12.6 Å². The fraction of sp³-hybridized carbons (Fsp3) is 0.280. The predicted molar refractivity (Wildman–Crippen MR) is 140 cm³/mol. The molecule has 2 aromatic heterocycles. The Morgan fingerprint density at radius 2 is 1.85 bits per heavy atom. The zero-order valence-electron chi connectivity index (χ0n) is 19.1. The van der Waals surface area contributed by atoms with Gasteiger partial charge >= 0.3 is 0 Å². The lowest BCUT2D eigenvalue weighted by Gasteiger charge is -2.39. The molecule has 0 aliphatic carbocycles. The summed E-state index contributed by atoms with van der Waals surface area (Å²) in [7, 11) is 1.77. The minimum Gasteiger partial charge on any atom is -0.377 e. The Morgan fingerprint density at radius 1 is 1.12 bits per heavy atom. The maximum atomic E-state index is 12.5. The number of aliphatic imine (C=N–C) groups is 1. The van der Waals surface area contributed by atoms with E-state index < -0.39 is 11.1 Å². The van der Waals surface area contributed by atoms with E-state index in [2.05, 4.69) is 15.3 Å². The van der Waals surface area contributed by atoms with Gasteiger partial charge in [-0.2, -0.15) is 0 Å². The Morgan fingerprint density at radius 3 is 2.47 bits per heavy atom. The Balaban J connectivity index is 1.76. The zero-order chi connectivity index (χ0) is 24.3. The highest BCUT2D eigenvalue weighted by Crippen LogP contribution is 2.50. The monoisotopic (exact) mass is 511 g/mol. The third kappa shape index (κ3) is 3.62. The zero-order valence-corrected chi connectivity index (χ0v) is 21.4. The van der Waals surface area contributed by atoms with E-state index in [4.69, 9.17) is 28.2 Å². The summed E-state index contributed by atoms with van der Waals surface area (Å²) in [6, 6.07) is 15.3. The second-order valence-electron chi connectivity index (χ2n) is 8.98. The number of thioether (sulfide) groups is 1. The van der Waals surface area contributed by atoms with Crippen molar-refractivity contribution in [1.29, 1.82) is 0 Å². The van der Waals surface area contributed by atoms with Gasteiger partial charge in [0.25, 0.3) is 0 Å². The van der Waals surface area contributed by atoms with Crippen LogP contribution in [0.15, 0.2) is 59.7 Å². The van der Waals surface area contributed by atoms with Gasteiger partial charge in [-0.05, 0) is 44.0 Å². The third-order valence-corrected chi connectivity index (χ3v) is 8.49. The topological polar surface area (TPSA) is 76.2 Å². The minimum absolute atomic E-state index is 0.317. The van der Waals surface area contributed by atoms with Crippen molar-refractivity contribution in [2.45, 2.75) is 37.2 Å². The summed E-state index contributed by atoms with van der Waals surface area (Å²) < 4.78 is 1.60. The number of nitrogens with zero attached hydrogens (tertiary/aromatic N) is 5. The fourth-order valence-electron chi connectivity index (χ4n) is 4.75. The number of benzene rings is 2. The summed E-state index contributed by atoms with van der Waals surface area (Å²) in [5, 5.41) is 22.7. The number of halogens is 2. The molecule has 174 valence electrons. The van der Waals surface area contributed by atoms with E-state index in [0.717, 1.165) is 10.6 Å². The summed E-state index contributed by atoms with van der Waals surface area (Å²) in [5.41, 5.74) is 1.44. The van der Waals surface area contributed by atoms with Crippen molar-refractivity contribution < 1.29 is 5.11 Å². The second-order valence-corrected chi connectivity index (χ2v) is 11.0. The molecule has 1 aliphatic rings. The van der Waals surface area contributed by atoms with Gasteiger partial charge in [0, 0.05) is 18.0 Å². The smallest absolute Gasteiger partial charge is 0.147 e. The Labute approximate surface area is 212 Å². The highest BCUT2D eigenvalue weighted by atomic mass is 35.5. The van der Waals surface area contributed by atoms with Crippen LogP contribution >= 0.6 is 35.0 Å². The maximum Gasteiger partial charge on any atom is 0.147 e. The SMILES string of the molecule is CC1=NC(C)(C)C(C(O)(c2ccc3nc(Cl)c(-c4ccccc4)c(Cl)c3c2)c2cnnn2C)S1. The third-order valence-electron chi connectivity index (χ3n) is 6.24. The second kappa shape index (κ2) is 8.34. The summed E-state index contributed by atoms with van der Waals surface area (Å²) in [6.07, 6.45) is 1.60. The van der Waals surface area contributed by atoms with Crippen LogP contribution in [0.2, 0.25) is 10.2 Å². The van der Waals surface area contributed by atoms with Gasteiger partial charge < -0.3 is 5.11 Å². The van der Waals surface area contributed by atoms with Gasteiger partial charge in [-0.15, -0.1) is 16.9 Å². The largest absolute Gasteiger partial charge is 0.377 e. The fourth-order valence-corrected chi connectivity index (χ4v) is 6.84. The molecular weight excluding hydrogens is 489 g/mol. The van der Waals surface area contributed by atoms with Crippen LogP contribution in [0.1, 0.15) is 32.0 Å². The van der Waals surface area contributed by atoms with Crippen LogP contribution in [0.3, 0.4) is 0 Å². The van der Waals surface area contributed by atoms with Crippen molar-refractivity contribution in [2.75, 3.05) is 0 Å². The van der Waals surface area contributed by atoms with Crippen molar-refractivity contribution in [3.05, 3.63) is 76.2 Å². The minimum atomic E-state index is -1.45. The molecule has 0 spiro atoms. The van der Waals surface area contributed by atoms with Crippen LogP contribution in [0.25, 0.3) is 22.0 Å². The average Bonchev–Trinajstić information content (AvgIpc) is 3.35. The lowest BCUT2D eigenvalue weighted by molar-refractivity contribution is 0.0529. The van der Waals surface area contributed by atoms with E-state index >= 15 is 0 Å². The molecule has 0 saturated heterocycles. The van der Waals surface area contributed by atoms with Gasteiger partial charge in [-0.3, -0.25) is 4.99 Å². The predicted octanol–water partition coefficient (Wildman–Crippen LogP) is 5.89. The van der Waals surface area contributed by atoms with Crippen molar-refractivity contribution in [2.24, 2.45) is 12.0 Å². The van der Waals surface area contributed by atoms with Gasteiger partial charge in [0.2, 0.25) is 0 Å². The molecule has 34 heavy (non-hydrogen) atoms. The number of hydrogen-bond acceptors (Lipinski definition) is 6. The number of aromatic nitrogens is 4. The van der Waals surface area contributed by atoms with E-state index in [0.29, 0.717) is 37.9 Å². The van der Waals surface area contributed by atoms with Gasteiger partial charge in [0.05, 0.1) is 38.3 Å². The first-order valence-corrected chi connectivity index (χ1v) is 12.4. The summed E-state index contributed by atoms with van der Waals surface area (Å²) >= 11 is 15.0. The van der Waals surface area contributed by atoms with E-state index in [-0.39, 0.29) is 5.25 Å². The van der Waals surface area contributed by atoms with Crippen LogP contribution in [0, 0.1) is 0 Å². The first kappa shape index (κ1) is 23.3.